The molecule has 0 atom stereocenters. The van der Waals surface area contributed by atoms with E-state index in [1.807, 2.05) is 179 Å². The van der Waals surface area contributed by atoms with Crippen LogP contribution in [0.5, 0.6) is 0 Å². The molecule has 0 radical (unpaired) electrons. The third kappa shape index (κ3) is 10.2. The van der Waals surface area contributed by atoms with Crippen LogP contribution in [0.4, 0.5) is 0 Å². The molecule has 12 aromatic rings. The minimum atomic E-state index is -0.488. The van der Waals surface area contributed by atoms with Crippen molar-refractivity contribution in [1.82, 2.24) is 39.6 Å². The maximum atomic E-state index is 12.9. The van der Waals surface area contributed by atoms with Gasteiger partial charge in [0, 0.05) is 10.8 Å². The number of fused-ring (bicyclic) bond motifs is 8. The van der Waals surface area contributed by atoms with Crippen LogP contribution in [0.3, 0.4) is 0 Å². The fourth-order valence-electron chi connectivity index (χ4n) is 9.02. The Morgan fingerprint density at radius 1 is 0.350 bits per heavy atom. The number of carbonyl (C=O) groups excluding carboxylic acids is 4. The predicted molar refractivity (Wildman–Crippen MR) is 299 cm³/mol. The molecule has 0 saturated carbocycles. The zero-order valence-electron chi connectivity index (χ0n) is 44.6. The first-order chi connectivity index (χ1) is 37.2. The molecule has 0 aliphatic carbocycles. The molecule has 0 aliphatic heterocycles. The highest BCUT2D eigenvalue weighted by molar-refractivity contribution is 5.96. The molecule has 0 bridgehead atoms. The number of hydrogen-bond acceptors (Lipinski definition) is 12. The second kappa shape index (κ2) is 24.4. The lowest BCUT2D eigenvalue weighted by Crippen LogP contribution is -2.34. The molecule has 0 aliphatic rings. The molecular weight excluding hydrogens is 1020 g/mol. The minimum Gasteiger partial charge on any atom is -0.459 e. The molecular formula is C60H61N12O8+. The number of ether oxygens (including phenoxy) is 4. The van der Waals surface area contributed by atoms with Crippen molar-refractivity contribution in [2.45, 2.75) is 35.1 Å². The third-order valence-electron chi connectivity index (χ3n) is 12.3. The van der Waals surface area contributed by atoms with Crippen LogP contribution in [0.2, 0.25) is 0 Å². The second-order valence-electron chi connectivity index (χ2n) is 16.9. The Balaban J connectivity index is 0.000000225. The van der Waals surface area contributed by atoms with Crippen molar-refractivity contribution in [3.8, 4) is 22.7 Å². The minimum absolute atomic E-state index is 0. The Bertz CT molecular complexity index is 3950. The van der Waals surface area contributed by atoms with Gasteiger partial charge in [0.1, 0.15) is 35.1 Å². The molecule has 0 amide bonds. The SMILES string of the molecule is C.CCOC(=O)c1nn(-c2ccc(-n3nc(C(=O)OCC)c4ccc5ccccc5[n+]43)cc2)[n+]2c1ccc1ccccc12.CCOC(=O)c1nn(-c2ccc(-n3nc(C(=O)OCC)c4cccc[n+]43)cc2)[n+]2ccccc12.[CH3-].[CH3-].[CH3-]. The van der Waals surface area contributed by atoms with Gasteiger partial charge in [-0.1, -0.05) is 56.0 Å². The van der Waals surface area contributed by atoms with Crippen LogP contribution in [0.25, 0.3) is 66.6 Å². The molecule has 0 unspecified atom stereocenters. The fourth-order valence-corrected chi connectivity index (χ4v) is 9.02. The first-order valence-electron chi connectivity index (χ1n) is 24.6. The van der Waals surface area contributed by atoms with Crippen molar-refractivity contribution in [1.29, 1.82) is 0 Å². The fraction of sp³-hybridized carbons (Fsp3) is 0.150. The highest BCUT2D eigenvalue weighted by Crippen LogP contribution is 2.21. The van der Waals surface area contributed by atoms with Gasteiger partial charge in [-0.3, -0.25) is 0 Å². The number of para-hydroxylation sites is 2. The maximum Gasteiger partial charge on any atom is 0.390 e. The summed E-state index contributed by atoms with van der Waals surface area (Å²) in [5.74, 6) is -1.93. The van der Waals surface area contributed by atoms with Gasteiger partial charge in [-0.25, -0.2) is 19.2 Å². The van der Waals surface area contributed by atoms with Crippen molar-refractivity contribution >= 4 is 67.7 Å². The summed E-state index contributed by atoms with van der Waals surface area (Å²) in [5.41, 5.74) is 8.15. The number of pyridine rings is 4. The van der Waals surface area contributed by atoms with E-state index in [2.05, 4.69) is 20.4 Å². The summed E-state index contributed by atoms with van der Waals surface area (Å²) < 4.78 is 28.3. The normalized spacial score (nSPS) is 10.8. The second-order valence-corrected chi connectivity index (χ2v) is 16.9. The number of carbonyl (C=O) groups is 4. The lowest BCUT2D eigenvalue weighted by atomic mass is 10.2. The number of hydrogen-bond donors (Lipinski definition) is 0. The van der Waals surface area contributed by atoms with Gasteiger partial charge in [-0.05, 0) is 156 Å². The van der Waals surface area contributed by atoms with Crippen molar-refractivity contribution in [3.63, 3.8) is 0 Å². The Kier molecular flexibility index (Phi) is 17.5. The van der Waals surface area contributed by atoms with Crippen LogP contribution in [0.15, 0.2) is 170 Å². The Hall–Kier alpha value is -10.2. The summed E-state index contributed by atoms with van der Waals surface area (Å²) >= 11 is 0. The van der Waals surface area contributed by atoms with Crippen molar-refractivity contribution in [2.75, 3.05) is 26.4 Å². The van der Waals surface area contributed by atoms with Gasteiger partial charge >= 0.3 is 46.7 Å². The van der Waals surface area contributed by atoms with Crippen LogP contribution in [0.1, 0.15) is 77.1 Å². The van der Waals surface area contributed by atoms with Crippen LogP contribution in [-0.4, -0.2) is 89.9 Å². The first-order valence-corrected chi connectivity index (χ1v) is 24.6. The third-order valence-corrected chi connectivity index (χ3v) is 12.3. The molecule has 12 rings (SSSR count). The summed E-state index contributed by atoms with van der Waals surface area (Å²) in [6, 6.07) is 49.6. The first kappa shape index (κ1) is 57.5. The van der Waals surface area contributed by atoms with Crippen molar-refractivity contribution in [3.05, 3.63) is 215 Å². The monoisotopic (exact) mass is 1080 g/mol. The van der Waals surface area contributed by atoms with Gasteiger partial charge in [-0.15, -0.1) is 18.1 Å². The lowest BCUT2D eigenvalue weighted by molar-refractivity contribution is -0.604. The van der Waals surface area contributed by atoms with Gasteiger partial charge in [0.15, 0.2) is 11.0 Å². The Labute approximate surface area is 461 Å². The summed E-state index contributed by atoms with van der Waals surface area (Å²) in [6.45, 7) is 8.08. The molecule has 8 aromatic heterocycles. The zero-order chi connectivity index (χ0) is 52.5. The van der Waals surface area contributed by atoms with E-state index in [0.29, 0.717) is 22.1 Å². The average Bonchev–Trinajstić information content (AvgIpc) is 4.34. The number of benzene rings is 4. The number of aromatic nitrogens is 12. The molecule has 0 fully saturated rings. The highest BCUT2D eigenvalue weighted by atomic mass is 16.5. The molecule has 0 spiro atoms. The standard InChI is InChI=1S/C32H26N6O4.C24H22N6O4.CH4.3CH3/c1-3-41-31(39)29-27-19-13-21-9-5-7-11-25(21)35(27)37(33-29)23-15-17-24(18-16-23)38-34-30(32(40)42-4-2)28-20-14-22-10-6-8-12-26(22)36(28)38;1-3-33-23(31)21-19-9-5-7-15-27(19)29(25-21)17-11-13-18(14-12-17)30-26-22(24(32)34-4-2)20-10-6-8-16-28(20)30;;;;/h5-20H,3-4H2,1-2H3;5-16H,3-4H2,1-2H3;1H4;3*1H3/q2*+2;;3*-1. The average molecular weight is 1080 g/mol. The predicted octanol–water partition coefficient (Wildman–Crippen LogP) is 8.07. The molecule has 20 nitrogen and oxygen atoms in total. The Morgan fingerprint density at radius 3 is 0.963 bits per heavy atom. The van der Waals surface area contributed by atoms with Gasteiger partial charge in [0.2, 0.25) is 22.1 Å². The lowest BCUT2D eigenvalue weighted by Gasteiger charge is -2.03. The van der Waals surface area contributed by atoms with Gasteiger partial charge in [0.05, 0.1) is 46.8 Å². The van der Waals surface area contributed by atoms with E-state index in [4.69, 9.17) is 18.9 Å². The topological polar surface area (TPSA) is 193 Å². The molecule has 0 saturated heterocycles. The van der Waals surface area contributed by atoms with E-state index in [1.165, 1.54) is 0 Å². The molecule has 408 valence electrons. The number of rotatable bonds is 12. The van der Waals surface area contributed by atoms with E-state index in [1.54, 1.807) is 55.9 Å². The molecule has 20 heteroatoms. The molecule has 0 N–H and O–H groups in total. The molecule has 4 aromatic carbocycles. The molecule has 8 heterocycles. The highest BCUT2D eigenvalue weighted by Gasteiger charge is 2.33. The smallest absolute Gasteiger partial charge is 0.390 e. The van der Waals surface area contributed by atoms with Crippen LogP contribution in [0, 0.1) is 22.3 Å². The van der Waals surface area contributed by atoms with E-state index >= 15 is 0 Å². The summed E-state index contributed by atoms with van der Waals surface area (Å²) in [4.78, 5) is 57.2. The zero-order valence-corrected chi connectivity index (χ0v) is 44.6. The van der Waals surface area contributed by atoms with E-state index in [9.17, 15) is 19.2 Å². The summed E-state index contributed by atoms with van der Waals surface area (Å²) in [7, 11) is 0. The van der Waals surface area contributed by atoms with Gasteiger partial charge < -0.3 is 41.2 Å². The van der Waals surface area contributed by atoms with Crippen molar-refractivity contribution < 1.29 is 56.2 Å². The largest absolute Gasteiger partial charge is 0.459 e. The Morgan fingerprint density at radius 2 is 0.625 bits per heavy atom. The van der Waals surface area contributed by atoms with Crippen LogP contribution >= 0.6 is 0 Å². The van der Waals surface area contributed by atoms with Gasteiger partial charge in [-0.2, -0.15) is 0 Å². The van der Waals surface area contributed by atoms with E-state index < -0.39 is 23.9 Å². The quantitative estimate of drug-likeness (QED) is 0.0495. The number of nitrogens with zero attached hydrogens (tertiary/aromatic N) is 12. The summed E-state index contributed by atoms with van der Waals surface area (Å²) in [6.07, 6.45) is 3.64. The number of esters is 4. The summed E-state index contributed by atoms with van der Waals surface area (Å²) in [5, 5.41) is 20.4. The van der Waals surface area contributed by atoms with Crippen LogP contribution in [-0.2, 0) is 18.9 Å². The van der Waals surface area contributed by atoms with Crippen LogP contribution < -0.4 is 18.1 Å². The van der Waals surface area contributed by atoms with E-state index in [0.717, 1.165) is 44.6 Å². The maximum absolute atomic E-state index is 12.9. The van der Waals surface area contributed by atoms with E-state index in [-0.39, 0.29) is 78.9 Å². The molecule has 80 heavy (non-hydrogen) atoms. The van der Waals surface area contributed by atoms with Gasteiger partial charge in [0.25, 0.3) is 0 Å². The van der Waals surface area contributed by atoms with Crippen molar-refractivity contribution in [2.24, 2.45) is 0 Å².